The Labute approximate surface area is 157 Å². The van der Waals surface area contributed by atoms with Gasteiger partial charge in [0.25, 0.3) is 0 Å². The van der Waals surface area contributed by atoms with E-state index in [4.69, 9.17) is 9.47 Å². The Kier molecular flexibility index (Phi) is 7.14. The molecule has 1 fully saturated rings. The van der Waals surface area contributed by atoms with Gasteiger partial charge in [0.15, 0.2) is 0 Å². The van der Waals surface area contributed by atoms with Gasteiger partial charge in [0.05, 0.1) is 25.5 Å². The van der Waals surface area contributed by atoms with Gasteiger partial charge < -0.3 is 19.9 Å². The molecular weight excluding hydrogens is 350 g/mol. The molecule has 1 atom stereocenters. The van der Waals surface area contributed by atoms with Gasteiger partial charge in [-0.1, -0.05) is 35.5 Å². The van der Waals surface area contributed by atoms with E-state index in [0.717, 1.165) is 37.6 Å². The molecule has 2 heterocycles. The number of nitrogens with one attached hydrogen (secondary N) is 1. The highest BCUT2D eigenvalue weighted by Crippen LogP contribution is 2.04. The molecule has 1 aromatic heterocycles. The molecule has 27 heavy (non-hydrogen) atoms. The van der Waals surface area contributed by atoms with Crippen LogP contribution in [0.3, 0.4) is 0 Å². The van der Waals surface area contributed by atoms with E-state index in [9.17, 15) is 9.90 Å². The first-order valence-electron chi connectivity index (χ1n) is 9.01. The van der Waals surface area contributed by atoms with Crippen molar-refractivity contribution in [3.05, 3.63) is 47.8 Å². The summed E-state index contributed by atoms with van der Waals surface area (Å²) in [7, 11) is 0. The van der Waals surface area contributed by atoms with Crippen LogP contribution >= 0.6 is 0 Å². The van der Waals surface area contributed by atoms with E-state index < -0.39 is 12.2 Å². The molecule has 0 radical (unpaired) electrons. The summed E-state index contributed by atoms with van der Waals surface area (Å²) in [5.74, 6) is 0. The van der Waals surface area contributed by atoms with Gasteiger partial charge >= 0.3 is 6.09 Å². The van der Waals surface area contributed by atoms with Crippen LogP contribution < -0.4 is 5.32 Å². The lowest BCUT2D eigenvalue weighted by Crippen LogP contribution is -2.35. The molecule has 0 aliphatic carbocycles. The first-order valence-corrected chi connectivity index (χ1v) is 9.01. The number of carbonyl (C=O) groups excluding carboxylic acids is 1. The van der Waals surface area contributed by atoms with Gasteiger partial charge in [0, 0.05) is 32.4 Å². The number of aromatic nitrogens is 3. The zero-order chi connectivity index (χ0) is 18.9. The first-order chi connectivity index (χ1) is 13.2. The van der Waals surface area contributed by atoms with Crippen LogP contribution in [0.5, 0.6) is 0 Å². The Bertz CT molecular complexity index is 703. The maximum absolute atomic E-state index is 11.7. The van der Waals surface area contributed by atoms with Crippen molar-refractivity contribution >= 4 is 6.09 Å². The van der Waals surface area contributed by atoms with E-state index in [1.807, 2.05) is 30.3 Å². The zero-order valence-electron chi connectivity index (χ0n) is 15.2. The van der Waals surface area contributed by atoms with Crippen LogP contribution in [0.25, 0.3) is 0 Å². The number of nitrogens with zero attached hydrogens (tertiary/aromatic N) is 4. The second kappa shape index (κ2) is 10.0. The third-order valence-electron chi connectivity index (χ3n) is 4.16. The number of alkyl carbamates (subject to hydrolysis) is 1. The van der Waals surface area contributed by atoms with E-state index >= 15 is 0 Å². The summed E-state index contributed by atoms with van der Waals surface area (Å²) >= 11 is 0. The van der Waals surface area contributed by atoms with Gasteiger partial charge in [-0.3, -0.25) is 4.90 Å². The molecule has 9 heteroatoms. The van der Waals surface area contributed by atoms with Gasteiger partial charge in [-0.05, 0) is 5.56 Å². The topological polar surface area (TPSA) is 102 Å². The number of benzene rings is 1. The van der Waals surface area contributed by atoms with Crippen LogP contribution in [-0.2, 0) is 29.1 Å². The summed E-state index contributed by atoms with van der Waals surface area (Å²) < 4.78 is 11.9. The van der Waals surface area contributed by atoms with Crippen LogP contribution in [0.15, 0.2) is 36.5 Å². The number of hydrogen-bond acceptors (Lipinski definition) is 7. The minimum atomic E-state index is -0.856. The minimum Gasteiger partial charge on any atom is -0.447 e. The molecule has 9 nitrogen and oxygen atoms in total. The van der Waals surface area contributed by atoms with Gasteiger partial charge in [0.1, 0.15) is 12.7 Å². The van der Waals surface area contributed by atoms with Crippen molar-refractivity contribution < 1.29 is 19.4 Å². The largest absolute Gasteiger partial charge is 0.447 e. The molecule has 1 saturated heterocycles. The summed E-state index contributed by atoms with van der Waals surface area (Å²) in [6.07, 6.45) is 0.378. The smallest absolute Gasteiger partial charge is 0.407 e. The van der Waals surface area contributed by atoms with Crippen LogP contribution in [0.4, 0.5) is 4.79 Å². The van der Waals surface area contributed by atoms with E-state index in [2.05, 4.69) is 20.5 Å². The molecule has 146 valence electrons. The van der Waals surface area contributed by atoms with E-state index in [0.29, 0.717) is 13.1 Å². The second-order valence-corrected chi connectivity index (χ2v) is 6.41. The van der Waals surface area contributed by atoms with E-state index in [1.54, 1.807) is 10.9 Å². The van der Waals surface area contributed by atoms with Crippen molar-refractivity contribution in [2.24, 2.45) is 0 Å². The molecule has 0 spiro atoms. The van der Waals surface area contributed by atoms with Crippen molar-refractivity contribution in [2.75, 3.05) is 32.9 Å². The van der Waals surface area contributed by atoms with Crippen molar-refractivity contribution in [3.8, 4) is 0 Å². The third kappa shape index (κ3) is 6.63. The van der Waals surface area contributed by atoms with E-state index in [1.165, 1.54) is 0 Å². The lowest BCUT2D eigenvalue weighted by Gasteiger charge is -2.25. The predicted molar refractivity (Wildman–Crippen MR) is 96.8 cm³/mol. The Morgan fingerprint density at radius 2 is 2.07 bits per heavy atom. The summed E-state index contributed by atoms with van der Waals surface area (Å²) in [6, 6.07) is 9.53. The molecule has 1 aliphatic heterocycles. The molecule has 1 unspecified atom stereocenters. The maximum atomic E-state index is 11.7. The quantitative estimate of drug-likeness (QED) is 0.688. The summed E-state index contributed by atoms with van der Waals surface area (Å²) in [5, 5.41) is 20.8. The monoisotopic (exact) mass is 375 g/mol. The molecule has 0 bridgehead atoms. The number of morpholine rings is 1. The van der Waals surface area contributed by atoms with Crippen molar-refractivity contribution in [1.29, 1.82) is 0 Å². The number of hydrogen-bond donors (Lipinski definition) is 2. The maximum Gasteiger partial charge on any atom is 0.407 e. The highest BCUT2D eigenvalue weighted by Gasteiger charge is 2.14. The van der Waals surface area contributed by atoms with Crippen LogP contribution in [-0.4, -0.2) is 70.1 Å². The minimum absolute atomic E-state index is 0.112. The number of aliphatic hydroxyl groups excluding tert-OH is 1. The second-order valence-electron chi connectivity index (χ2n) is 6.41. The SMILES string of the molecule is O=C(NCc1ccccc1)OCC(O)Cn1cc(CN2CCOCC2)nn1. The van der Waals surface area contributed by atoms with Crippen molar-refractivity contribution in [3.63, 3.8) is 0 Å². The molecular formula is C18H25N5O4. The van der Waals surface area contributed by atoms with Gasteiger partial charge in [-0.2, -0.15) is 0 Å². The third-order valence-corrected chi connectivity index (χ3v) is 4.16. The fourth-order valence-corrected chi connectivity index (χ4v) is 2.75. The lowest BCUT2D eigenvalue weighted by atomic mass is 10.2. The lowest BCUT2D eigenvalue weighted by molar-refractivity contribution is 0.0336. The van der Waals surface area contributed by atoms with Gasteiger partial charge in [-0.25, -0.2) is 9.48 Å². The van der Waals surface area contributed by atoms with Crippen LogP contribution in [0.2, 0.25) is 0 Å². The Morgan fingerprint density at radius 3 is 2.85 bits per heavy atom. The molecule has 3 rings (SSSR count). The Morgan fingerprint density at radius 1 is 1.30 bits per heavy atom. The highest BCUT2D eigenvalue weighted by atomic mass is 16.6. The number of carbonyl (C=O) groups is 1. The molecule has 2 aromatic rings. The average molecular weight is 375 g/mol. The number of aliphatic hydroxyl groups is 1. The number of amides is 1. The summed E-state index contributed by atoms with van der Waals surface area (Å²) in [5.41, 5.74) is 1.82. The van der Waals surface area contributed by atoms with Crippen molar-refractivity contribution in [1.82, 2.24) is 25.2 Å². The van der Waals surface area contributed by atoms with E-state index in [-0.39, 0.29) is 13.2 Å². The summed E-state index contributed by atoms with van der Waals surface area (Å²) in [4.78, 5) is 13.9. The molecule has 1 aromatic carbocycles. The Balaban J connectivity index is 1.35. The molecule has 1 amide bonds. The normalized spacial score (nSPS) is 16.0. The van der Waals surface area contributed by atoms with Crippen LogP contribution in [0.1, 0.15) is 11.3 Å². The molecule has 1 aliphatic rings. The standard InChI is InChI=1S/C18H25N5O4/c24-17(14-27-18(25)19-10-15-4-2-1-3-5-15)13-23-12-16(20-21-23)11-22-6-8-26-9-7-22/h1-5,12,17,24H,6-11,13-14H2,(H,19,25). The van der Waals surface area contributed by atoms with Crippen molar-refractivity contribution in [2.45, 2.75) is 25.7 Å². The Hall–Kier alpha value is -2.49. The molecule has 0 saturated carbocycles. The van der Waals surface area contributed by atoms with Gasteiger partial charge in [0.2, 0.25) is 0 Å². The predicted octanol–water partition coefficient (Wildman–Crippen LogP) is 0.398. The summed E-state index contributed by atoms with van der Waals surface area (Å²) in [6.45, 7) is 4.40. The average Bonchev–Trinajstić information content (AvgIpc) is 3.13. The molecule has 2 N–H and O–H groups in total. The first kappa shape index (κ1) is 19.3. The fraction of sp³-hybridized carbons (Fsp3) is 0.500. The zero-order valence-corrected chi connectivity index (χ0v) is 15.2. The number of ether oxygens (including phenoxy) is 2. The van der Waals surface area contributed by atoms with Crippen LogP contribution in [0, 0.1) is 0 Å². The van der Waals surface area contributed by atoms with Gasteiger partial charge in [-0.15, -0.1) is 5.10 Å². The number of rotatable bonds is 8. The highest BCUT2D eigenvalue weighted by molar-refractivity contribution is 5.67. The fourth-order valence-electron chi connectivity index (χ4n) is 2.75.